The van der Waals surface area contributed by atoms with E-state index in [-0.39, 0.29) is 48.9 Å². The minimum Gasteiger partial charge on any atom is -0.337 e. The Morgan fingerprint density at radius 3 is 1.00 bits per heavy atom. The molecule has 0 aromatic rings. The summed E-state index contributed by atoms with van der Waals surface area (Å²) in [6.07, 6.45) is 2.50. The number of nitrogens with zero attached hydrogens (tertiary/aromatic N) is 2. The van der Waals surface area contributed by atoms with Gasteiger partial charge in [0.25, 0.3) is 0 Å². The Bertz CT molecular complexity index is 64.7. The van der Waals surface area contributed by atoms with Gasteiger partial charge in [-0.25, -0.2) is 0 Å². The fourth-order valence-electron chi connectivity index (χ4n) is 0. The minimum atomic E-state index is 0. The zero-order valence-electron chi connectivity index (χ0n) is 3.76. The molecular formula is C2H4BaN4+2. The molecule has 0 atom stereocenters. The molecule has 0 saturated heterocycles. The molecule has 0 aromatic carbocycles. The quantitative estimate of drug-likeness (QED) is 0.294. The summed E-state index contributed by atoms with van der Waals surface area (Å²) in [5, 5.41) is 14.2. The van der Waals surface area contributed by atoms with Crippen molar-refractivity contribution in [1.82, 2.24) is 0 Å². The zero-order chi connectivity index (χ0) is 5.41. The molecule has 0 fully saturated rings. The van der Waals surface area contributed by atoms with E-state index in [2.05, 4.69) is 11.5 Å². The smallest absolute Gasteiger partial charge is 0.337 e. The molecule has 0 heterocycles. The first-order valence-electron chi connectivity index (χ1n) is 1.02. The zero-order valence-corrected chi connectivity index (χ0v) is 8.20. The maximum absolute atomic E-state index is 7.10. The van der Waals surface area contributed by atoms with Gasteiger partial charge in [0.2, 0.25) is 0 Å². The van der Waals surface area contributed by atoms with Crippen molar-refractivity contribution in [3.05, 3.63) is 0 Å². The molecule has 0 amide bonds. The van der Waals surface area contributed by atoms with Crippen molar-refractivity contribution in [3.8, 4) is 12.4 Å². The number of nitriles is 2. The van der Waals surface area contributed by atoms with E-state index < -0.39 is 0 Å². The molecule has 0 unspecified atom stereocenters. The van der Waals surface area contributed by atoms with Crippen LogP contribution in [0.4, 0.5) is 0 Å². The van der Waals surface area contributed by atoms with E-state index in [9.17, 15) is 0 Å². The van der Waals surface area contributed by atoms with E-state index >= 15 is 0 Å². The van der Waals surface area contributed by atoms with Gasteiger partial charge in [-0.15, -0.1) is 0 Å². The molecule has 32 valence electrons. The standard InChI is InChI=1S/2CH2N2.Ba/c2*2-1-3;/h2*2H2;/q;;+2. The maximum atomic E-state index is 7.10. The largest absolute Gasteiger partial charge is 2.00 e. The normalized spacial score (nSPS) is 2.00. The van der Waals surface area contributed by atoms with Crippen molar-refractivity contribution >= 4 is 48.9 Å². The Morgan fingerprint density at radius 1 is 1.00 bits per heavy atom. The molecular weight excluding hydrogens is 217 g/mol. The topological polar surface area (TPSA) is 99.6 Å². The van der Waals surface area contributed by atoms with E-state index in [1.54, 1.807) is 0 Å². The van der Waals surface area contributed by atoms with E-state index in [1.807, 2.05) is 0 Å². The van der Waals surface area contributed by atoms with Crippen molar-refractivity contribution in [2.75, 3.05) is 0 Å². The summed E-state index contributed by atoms with van der Waals surface area (Å²) < 4.78 is 0. The van der Waals surface area contributed by atoms with Gasteiger partial charge in [0.05, 0.1) is 0 Å². The second-order valence-corrected chi connectivity index (χ2v) is 0.258. The van der Waals surface area contributed by atoms with Crippen LogP contribution >= 0.6 is 0 Å². The summed E-state index contributed by atoms with van der Waals surface area (Å²) >= 11 is 0. The fraction of sp³-hybridized carbons (Fsp3) is 0. The first kappa shape index (κ1) is 15.7. The number of hydrogen-bond acceptors (Lipinski definition) is 4. The summed E-state index contributed by atoms with van der Waals surface area (Å²) in [5.74, 6) is 0. The third kappa shape index (κ3) is 4620. The number of nitrogens with two attached hydrogens (primary N) is 2. The monoisotopic (exact) mass is 222 g/mol. The number of rotatable bonds is 0. The average Bonchev–Trinajstić information content (AvgIpc) is 1.39. The maximum Gasteiger partial charge on any atom is 2.00 e. The molecule has 0 radical (unpaired) electrons. The first-order chi connectivity index (χ1) is 2.83. The molecule has 0 aliphatic rings. The van der Waals surface area contributed by atoms with Crippen LogP contribution in [0.3, 0.4) is 0 Å². The van der Waals surface area contributed by atoms with Gasteiger partial charge in [-0.3, -0.25) is 0 Å². The van der Waals surface area contributed by atoms with Gasteiger partial charge in [0, 0.05) is 0 Å². The van der Waals surface area contributed by atoms with Crippen molar-refractivity contribution in [2.24, 2.45) is 11.5 Å². The van der Waals surface area contributed by atoms with Crippen LogP contribution in [0.1, 0.15) is 0 Å². The number of hydrogen-bond donors (Lipinski definition) is 2. The molecule has 0 spiro atoms. The molecule has 0 saturated carbocycles. The van der Waals surface area contributed by atoms with Crippen molar-refractivity contribution < 1.29 is 0 Å². The van der Waals surface area contributed by atoms with Crippen molar-refractivity contribution in [2.45, 2.75) is 0 Å². The van der Waals surface area contributed by atoms with E-state index in [1.165, 1.54) is 12.4 Å². The molecule has 0 rings (SSSR count). The molecule has 4 N–H and O–H groups in total. The van der Waals surface area contributed by atoms with Crippen LogP contribution in [0, 0.1) is 22.9 Å². The molecule has 7 heavy (non-hydrogen) atoms. The third-order valence-electron chi connectivity index (χ3n) is 0. The SMILES string of the molecule is N#CN.N#CN.[Ba+2]. The Hall–Kier alpha value is 0.151. The van der Waals surface area contributed by atoms with Crippen molar-refractivity contribution in [3.63, 3.8) is 0 Å². The van der Waals surface area contributed by atoms with E-state index in [4.69, 9.17) is 10.5 Å². The summed E-state index contributed by atoms with van der Waals surface area (Å²) in [7, 11) is 0. The van der Waals surface area contributed by atoms with Gasteiger partial charge in [-0.2, -0.15) is 10.5 Å². The van der Waals surface area contributed by atoms with Crippen LogP contribution in [0.25, 0.3) is 0 Å². The Morgan fingerprint density at radius 2 is 1.00 bits per heavy atom. The first-order valence-corrected chi connectivity index (χ1v) is 1.02. The van der Waals surface area contributed by atoms with Gasteiger partial charge in [0.15, 0.2) is 12.4 Å². The molecule has 0 bridgehead atoms. The summed E-state index contributed by atoms with van der Waals surface area (Å²) in [6, 6.07) is 0. The fourth-order valence-corrected chi connectivity index (χ4v) is 0. The van der Waals surface area contributed by atoms with Gasteiger partial charge in [0.1, 0.15) is 0 Å². The van der Waals surface area contributed by atoms with Crippen LogP contribution in [0.15, 0.2) is 0 Å². The second kappa shape index (κ2) is 35.3. The second-order valence-electron chi connectivity index (χ2n) is 0.258. The van der Waals surface area contributed by atoms with Gasteiger partial charge < -0.3 is 11.5 Å². The van der Waals surface area contributed by atoms with Crippen LogP contribution < -0.4 is 11.5 Å². The molecule has 0 aliphatic heterocycles. The predicted molar refractivity (Wildman–Crippen MR) is 25.4 cm³/mol. The Balaban J connectivity index is -0.0000000400. The molecule has 0 aliphatic carbocycles. The third-order valence-corrected chi connectivity index (χ3v) is 0. The summed E-state index contributed by atoms with van der Waals surface area (Å²) in [5.41, 5.74) is 8.31. The van der Waals surface area contributed by atoms with Crippen LogP contribution in [-0.4, -0.2) is 48.9 Å². The van der Waals surface area contributed by atoms with Crippen LogP contribution in [0.5, 0.6) is 0 Å². The molecule has 4 nitrogen and oxygen atoms in total. The minimum absolute atomic E-state index is 0. The van der Waals surface area contributed by atoms with Gasteiger partial charge in [-0.05, 0) is 0 Å². The van der Waals surface area contributed by atoms with Crippen LogP contribution in [0.2, 0.25) is 0 Å². The van der Waals surface area contributed by atoms with E-state index in [0.717, 1.165) is 0 Å². The molecule has 0 aromatic heterocycles. The molecule has 5 heteroatoms. The summed E-state index contributed by atoms with van der Waals surface area (Å²) in [6.45, 7) is 0. The van der Waals surface area contributed by atoms with E-state index in [0.29, 0.717) is 0 Å². The van der Waals surface area contributed by atoms with Gasteiger partial charge >= 0.3 is 48.9 Å². The van der Waals surface area contributed by atoms with Crippen molar-refractivity contribution in [1.29, 1.82) is 10.5 Å². The van der Waals surface area contributed by atoms with Crippen LogP contribution in [-0.2, 0) is 0 Å². The Labute approximate surface area is 82.2 Å². The summed E-state index contributed by atoms with van der Waals surface area (Å²) in [4.78, 5) is 0. The Kier molecular flexibility index (Phi) is 79.1. The average molecular weight is 221 g/mol. The predicted octanol–water partition coefficient (Wildman–Crippen LogP) is -1.53. The van der Waals surface area contributed by atoms with Gasteiger partial charge in [-0.1, -0.05) is 0 Å².